The van der Waals surface area contributed by atoms with Crippen LogP contribution in [0.5, 0.6) is 0 Å². The van der Waals surface area contributed by atoms with Gasteiger partial charge < -0.3 is 5.32 Å². The summed E-state index contributed by atoms with van der Waals surface area (Å²) in [5, 5.41) is 7.64. The topological polar surface area (TPSA) is 81.8 Å². The van der Waals surface area contributed by atoms with E-state index in [0.717, 1.165) is 5.56 Å². The smallest absolute Gasteiger partial charge is 0.264 e. The summed E-state index contributed by atoms with van der Waals surface area (Å²) in [5.41, 5.74) is 1.41. The molecule has 0 fully saturated rings. The molecule has 0 radical (unpaired) electrons. The van der Waals surface area contributed by atoms with E-state index in [0.29, 0.717) is 37.1 Å². The van der Waals surface area contributed by atoms with E-state index >= 15 is 0 Å². The molecule has 0 atom stereocenters. The van der Waals surface area contributed by atoms with Crippen LogP contribution in [0.25, 0.3) is 11.0 Å². The van der Waals surface area contributed by atoms with Gasteiger partial charge in [-0.3, -0.25) is 14.2 Å². The average Bonchev–Trinajstić information content (AvgIpc) is 3.01. The molecular formula is C20H25N5O2. The van der Waals surface area contributed by atoms with Gasteiger partial charge in [0.15, 0.2) is 5.65 Å². The number of rotatable bonds is 6. The number of carbonyl (C=O) groups is 1. The Hall–Kier alpha value is -2.96. The van der Waals surface area contributed by atoms with Gasteiger partial charge in [0, 0.05) is 13.0 Å². The first-order valence-electron chi connectivity index (χ1n) is 9.05. The van der Waals surface area contributed by atoms with Crippen LogP contribution in [0.4, 0.5) is 0 Å². The van der Waals surface area contributed by atoms with Gasteiger partial charge in [0.05, 0.1) is 19.3 Å². The number of hydrogen-bond acceptors (Lipinski definition) is 4. The fourth-order valence-electron chi connectivity index (χ4n) is 2.90. The van der Waals surface area contributed by atoms with Crippen LogP contribution in [0, 0.1) is 5.41 Å². The zero-order valence-electron chi connectivity index (χ0n) is 16.0. The van der Waals surface area contributed by atoms with E-state index < -0.39 is 0 Å². The highest BCUT2D eigenvalue weighted by atomic mass is 16.1. The highest BCUT2D eigenvalue weighted by Gasteiger charge is 2.16. The zero-order valence-corrected chi connectivity index (χ0v) is 16.0. The fourth-order valence-corrected chi connectivity index (χ4v) is 2.90. The minimum atomic E-state index is -0.119. The second kappa shape index (κ2) is 7.73. The molecule has 142 valence electrons. The number of nitrogens with zero attached hydrogens (tertiary/aromatic N) is 4. The fraction of sp³-hybridized carbons (Fsp3) is 0.400. The minimum absolute atomic E-state index is 0.0112. The van der Waals surface area contributed by atoms with Crippen molar-refractivity contribution in [3.8, 4) is 0 Å². The Bertz CT molecular complexity index is 983. The lowest BCUT2D eigenvalue weighted by Gasteiger charge is -2.17. The molecule has 0 spiro atoms. The van der Waals surface area contributed by atoms with E-state index in [1.807, 2.05) is 51.1 Å². The molecule has 0 bridgehead atoms. The van der Waals surface area contributed by atoms with E-state index in [1.165, 1.54) is 0 Å². The van der Waals surface area contributed by atoms with Crippen LogP contribution in [0.3, 0.4) is 0 Å². The Kier molecular flexibility index (Phi) is 5.39. The highest BCUT2D eigenvalue weighted by molar-refractivity contribution is 5.76. The minimum Gasteiger partial charge on any atom is -0.354 e. The average molecular weight is 367 g/mol. The SMILES string of the molecule is CC(C)(C)CC(=O)NCCn1ncc2c(=O)n(Cc3ccccc3)cnc21. The number of fused-ring (bicyclic) bond motifs is 1. The standard InChI is InChI=1S/C20H25N5O2/c1-20(2,3)11-17(26)21-9-10-25-18-16(12-23-25)19(27)24(14-22-18)13-15-7-5-4-6-8-15/h4-8,12,14H,9-11,13H2,1-3H3,(H,21,26). The first kappa shape index (κ1) is 18.8. The van der Waals surface area contributed by atoms with Gasteiger partial charge in [-0.15, -0.1) is 0 Å². The maximum Gasteiger partial charge on any atom is 0.264 e. The molecule has 0 saturated carbocycles. The predicted octanol–water partition coefficient (Wildman–Crippen LogP) is 2.19. The summed E-state index contributed by atoms with van der Waals surface area (Å²) in [7, 11) is 0. The van der Waals surface area contributed by atoms with Crippen LogP contribution in [-0.4, -0.2) is 31.8 Å². The van der Waals surface area contributed by atoms with Crippen molar-refractivity contribution in [3.63, 3.8) is 0 Å². The molecule has 3 aromatic rings. The molecule has 2 aromatic heterocycles. The molecule has 0 unspecified atom stereocenters. The Morgan fingerprint density at radius 3 is 2.63 bits per heavy atom. The summed E-state index contributed by atoms with van der Waals surface area (Å²) in [4.78, 5) is 29.0. The van der Waals surface area contributed by atoms with E-state index in [2.05, 4.69) is 15.4 Å². The maximum atomic E-state index is 12.7. The lowest BCUT2D eigenvalue weighted by Crippen LogP contribution is -2.30. The van der Waals surface area contributed by atoms with Crippen molar-refractivity contribution in [2.75, 3.05) is 6.54 Å². The third-order valence-electron chi connectivity index (χ3n) is 4.15. The van der Waals surface area contributed by atoms with Crippen molar-refractivity contribution in [2.24, 2.45) is 5.41 Å². The number of aromatic nitrogens is 4. The lowest BCUT2D eigenvalue weighted by molar-refractivity contribution is -0.122. The second-order valence-electron chi connectivity index (χ2n) is 7.86. The molecule has 7 heteroatoms. The monoisotopic (exact) mass is 367 g/mol. The quantitative estimate of drug-likeness (QED) is 0.724. The summed E-state index contributed by atoms with van der Waals surface area (Å²) < 4.78 is 3.23. The molecule has 1 N–H and O–H groups in total. The van der Waals surface area contributed by atoms with E-state index in [4.69, 9.17) is 0 Å². The van der Waals surface area contributed by atoms with Crippen molar-refractivity contribution >= 4 is 16.9 Å². The summed E-state index contributed by atoms with van der Waals surface area (Å²) in [6, 6.07) is 9.77. The van der Waals surface area contributed by atoms with Crippen molar-refractivity contribution in [3.05, 3.63) is 58.8 Å². The molecule has 27 heavy (non-hydrogen) atoms. The third kappa shape index (κ3) is 4.81. The summed E-state index contributed by atoms with van der Waals surface area (Å²) in [6.07, 6.45) is 3.56. The maximum absolute atomic E-state index is 12.7. The summed E-state index contributed by atoms with van der Waals surface area (Å²) in [6.45, 7) is 7.46. The van der Waals surface area contributed by atoms with Crippen molar-refractivity contribution in [1.82, 2.24) is 24.6 Å². The molecule has 0 aliphatic carbocycles. The van der Waals surface area contributed by atoms with E-state index in [-0.39, 0.29) is 16.9 Å². The van der Waals surface area contributed by atoms with Crippen LogP contribution >= 0.6 is 0 Å². The number of nitrogens with one attached hydrogen (secondary N) is 1. The van der Waals surface area contributed by atoms with Gasteiger partial charge in [-0.1, -0.05) is 51.1 Å². The van der Waals surface area contributed by atoms with Gasteiger partial charge >= 0.3 is 0 Å². The molecule has 0 saturated heterocycles. The van der Waals surface area contributed by atoms with Crippen LogP contribution < -0.4 is 10.9 Å². The zero-order chi connectivity index (χ0) is 19.4. The first-order valence-corrected chi connectivity index (χ1v) is 9.05. The number of carbonyl (C=O) groups excluding carboxylic acids is 1. The van der Waals surface area contributed by atoms with Crippen molar-refractivity contribution in [1.29, 1.82) is 0 Å². The van der Waals surface area contributed by atoms with E-state index in [1.54, 1.807) is 21.8 Å². The first-order chi connectivity index (χ1) is 12.8. The van der Waals surface area contributed by atoms with Crippen LogP contribution in [0.2, 0.25) is 0 Å². The van der Waals surface area contributed by atoms with Gasteiger partial charge in [0.25, 0.3) is 5.56 Å². The lowest BCUT2D eigenvalue weighted by atomic mass is 9.92. The van der Waals surface area contributed by atoms with Gasteiger partial charge in [0.2, 0.25) is 5.91 Å². The van der Waals surface area contributed by atoms with Gasteiger partial charge in [-0.2, -0.15) is 5.10 Å². The summed E-state index contributed by atoms with van der Waals surface area (Å²) >= 11 is 0. The predicted molar refractivity (Wildman–Crippen MR) is 104 cm³/mol. The summed E-state index contributed by atoms with van der Waals surface area (Å²) in [5.74, 6) is 0.0112. The van der Waals surface area contributed by atoms with Crippen molar-refractivity contribution < 1.29 is 4.79 Å². The Morgan fingerprint density at radius 2 is 1.93 bits per heavy atom. The molecule has 1 amide bonds. The molecule has 0 aliphatic heterocycles. The normalized spacial score (nSPS) is 11.7. The van der Waals surface area contributed by atoms with Gasteiger partial charge in [-0.25, -0.2) is 9.67 Å². The van der Waals surface area contributed by atoms with E-state index in [9.17, 15) is 9.59 Å². The highest BCUT2D eigenvalue weighted by Crippen LogP contribution is 2.17. The van der Waals surface area contributed by atoms with Gasteiger partial charge in [0.1, 0.15) is 11.7 Å². The van der Waals surface area contributed by atoms with Crippen molar-refractivity contribution in [2.45, 2.75) is 40.3 Å². The molecular weight excluding hydrogens is 342 g/mol. The van der Waals surface area contributed by atoms with Crippen LogP contribution in [-0.2, 0) is 17.9 Å². The number of amides is 1. The number of hydrogen-bond donors (Lipinski definition) is 1. The van der Waals surface area contributed by atoms with Gasteiger partial charge in [-0.05, 0) is 11.0 Å². The molecule has 0 aliphatic rings. The van der Waals surface area contributed by atoms with Crippen LogP contribution in [0.15, 0.2) is 47.7 Å². The Balaban J connectivity index is 1.69. The molecule has 1 aromatic carbocycles. The third-order valence-corrected chi connectivity index (χ3v) is 4.15. The Morgan fingerprint density at radius 1 is 1.19 bits per heavy atom. The van der Waals surface area contributed by atoms with Crippen LogP contribution in [0.1, 0.15) is 32.8 Å². The largest absolute Gasteiger partial charge is 0.354 e. The molecule has 2 heterocycles. The second-order valence-corrected chi connectivity index (χ2v) is 7.86. The number of benzene rings is 1. The Labute approximate surface area is 158 Å². The molecule has 3 rings (SSSR count). The molecule has 7 nitrogen and oxygen atoms in total.